The summed E-state index contributed by atoms with van der Waals surface area (Å²) >= 11 is 23.4. The summed E-state index contributed by atoms with van der Waals surface area (Å²) in [5.41, 5.74) is -0.187. The van der Waals surface area contributed by atoms with Crippen molar-refractivity contribution in [1.29, 1.82) is 0 Å². The van der Waals surface area contributed by atoms with Gasteiger partial charge in [-0.25, -0.2) is 0 Å². The van der Waals surface area contributed by atoms with E-state index in [0.717, 1.165) is 6.07 Å². The number of benzene rings is 2. The van der Waals surface area contributed by atoms with Gasteiger partial charge in [0.2, 0.25) is 0 Å². The fraction of sp³-hybridized carbons (Fsp3) is 0.143. The molecule has 0 aliphatic carbocycles. The molecule has 7 heteroatoms. The highest BCUT2D eigenvalue weighted by Gasteiger charge is 2.34. The van der Waals surface area contributed by atoms with Crippen molar-refractivity contribution < 1.29 is 13.2 Å². The third-order valence-electron chi connectivity index (χ3n) is 2.87. The molecule has 0 nitrogen and oxygen atoms in total. The summed E-state index contributed by atoms with van der Waals surface area (Å²) < 4.78 is 39.4. The molecule has 21 heavy (non-hydrogen) atoms. The zero-order chi connectivity index (χ0) is 15.8. The van der Waals surface area contributed by atoms with Crippen LogP contribution in [0.5, 0.6) is 0 Å². The Balaban J connectivity index is 2.75. The average molecular weight is 374 g/mol. The highest BCUT2D eigenvalue weighted by Crippen LogP contribution is 2.43. The molecule has 0 atom stereocenters. The molecule has 0 spiro atoms. The van der Waals surface area contributed by atoms with Crippen LogP contribution in [-0.2, 0) is 12.1 Å². The lowest BCUT2D eigenvalue weighted by Crippen LogP contribution is -2.07. The van der Waals surface area contributed by atoms with Gasteiger partial charge in [0.1, 0.15) is 0 Å². The maximum absolute atomic E-state index is 13.1. The van der Waals surface area contributed by atoms with Crippen LogP contribution in [0, 0.1) is 0 Å². The zero-order valence-electron chi connectivity index (χ0n) is 10.2. The van der Waals surface area contributed by atoms with Crippen LogP contribution in [-0.4, -0.2) is 0 Å². The van der Waals surface area contributed by atoms with E-state index in [4.69, 9.17) is 46.4 Å². The monoisotopic (exact) mass is 372 g/mol. The molecule has 0 aliphatic rings. The summed E-state index contributed by atoms with van der Waals surface area (Å²) in [4.78, 5) is 0. The van der Waals surface area contributed by atoms with E-state index in [9.17, 15) is 13.2 Å². The Morgan fingerprint density at radius 1 is 0.857 bits per heavy atom. The number of alkyl halides is 4. The van der Waals surface area contributed by atoms with Crippen molar-refractivity contribution in [3.63, 3.8) is 0 Å². The first-order valence-electron chi connectivity index (χ1n) is 5.65. The maximum atomic E-state index is 13.1. The van der Waals surface area contributed by atoms with Gasteiger partial charge >= 0.3 is 6.18 Å². The second kappa shape index (κ2) is 6.25. The van der Waals surface area contributed by atoms with Gasteiger partial charge in [0.25, 0.3) is 0 Å². The first-order valence-corrected chi connectivity index (χ1v) is 7.32. The predicted octanol–water partition coefficient (Wildman–Crippen LogP) is 7.07. The lowest BCUT2D eigenvalue weighted by atomic mass is 9.97. The van der Waals surface area contributed by atoms with Crippen LogP contribution in [0.3, 0.4) is 0 Å². The molecule has 2 aromatic carbocycles. The van der Waals surface area contributed by atoms with Gasteiger partial charge in [0, 0.05) is 11.4 Å². The van der Waals surface area contributed by atoms with Crippen LogP contribution < -0.4 is 0 Å². The molecule has 0 heterocycles. The third-order valence-corrected chi connectivity index (χ3v) is 4.47. The minimum absolute atomic E-state index is 0.0141. The van der Waals surface area contributed by atoms with Gasteiger partial charge < -0.3 is 0 Å². The highest BCUT2D eigenvalue weighted by molar-refractivity contribution is 6.49. The fourth-order valence-corrected chi connectivity index (χ4v) is 2.68. The van der Waals surface area contributed by atoms with Crippen LogP contribution in [0.25, 0.3) is 11.1 Å². The van der Waals surface area contributed by atoms with Gasteiger partial charge in [-0.3, -0.25) is 0 Å². The molecule has 112 valence electrons. The SMILES string of the molecule is FC(F)(F)c1ccc(CCl)cc1-c1ccc(Cl)c(Cl)c1Cl. The summed E-state index contributed by atoms with van der Waals surface area (Å²) in [5, 5.41) is 0.161. The van der Waals surface area contributed by atoms with Crippen LogP contribution in [0.15, 0.2) is 30.3 Å². The lowest BCUT2D eigenvalue weighted by Gasteiger charge is -2.16. The van der Waals surface area contributed by atoms with Crippen molar-refractivity contribution in [2.24, 2.45) is 0 Å². The van der Waals surface area contributed by atoms with Crippen LogP contribution in [0.2, 0.25) is 15.1 Å². The molecule has 0 aromatic heterocycles. The normalized spacial score (nSPS) is 11.8. The van der Waals surface area contributed by atoms with Crippen molar-refractivity contribution in [3.8, 4) is 11.1 Å². The van der Waals surface area contributed by atoms with Gasteiger partial charge in [-0.15, -0.1) is 11.6 Å². The van der Waals surface area contributed by atoms with Crippen molar-refractivity contribution in [2.75, 3.05) is 0 Å². The van der Waals surface area contributed by atoms with E-state index in [1.54, 1.807) is 0 Å². The van der Waals surface area contributed by atoms with E-state index in [0.29, 0.717) is 5.56 Å². The summed E-state index contributed by atoms with van der Waals surface area (Å²) in [5.74, 6) is 0.0874. The molecule has 2 rings (SSSR count). The Kier molecular flexibility index (Phi) is 4.99. The first kappa shape index (κ1) is 16.8. The smallest absolute Gasteiger partial charge is 0.166 e. The minimum Gasteiger partial charge on any atom is -0.166 e. The van der Waals surface area contributed by atoms with E-state index >= 15 is 0 Å². The molecular weight excluding hydrogens is 367 g/mol. The van der Waals surface area contributed by atoms with Crippen LogP contribution in [0.4, 0.5) is 13.2 Å². The summed E-state index contributed by atoms with van der Waals surface area (Å²) in [6.07, 6.45) is -4.52. The number of rotatable bonds is 2. The first-order chi connectivity index (χ1) is 9.75. The zero-order valence-corrected chi connectivity index (χ0v) is 13.3. The van der Waals surface area contributed by atoms with Gasteiger partial charge in [0.05, 0.1) is 20.6 Å². The van der Waals surface area contributed by atoms with Crippen LogP contribution >= 0.6 is 46.4 Å². The Bertz CT molecular complexity index is 681. The van der Waals surface area contributed by atoms with Crippen molar-refractivity contribution in [3.05, 3.63) is 56.5 Å². The van der Waals surface area contributed by atoms with E-state index < -0.39 is 11.7 Å². The molecule has 0 amide bonds. The van der Waals surface area contributed by atoms with E-state index in [1.807, 2.05) is 0 Å². The summed E-state index contributed by atoms with van der Waals surface area (Å²) in [6, 6.07) is 6.45. The molecule has 0 radical (unpaired) electrons. The molecule has 0 fully saturated rings. The number of halogens is 7. The number of hydrogen-bond donors (Lipinski definition) is 0. The fourth-order valence-electron chi connectivity index (χ4n) is 1.88. The van der Waals surface area contributed by atoms with E-state index in [-0.39, 0.29) is 32.1 Å². The summed E-state index contributed by atoms with van der Waals surface area (Å²) in [6.45, 7) is 0. The second-order valence-corrected chi connectivity index (χ2v) is 5.66. The van der Waals surface area contributed by atoms with Gasteiger partial charge in [-0.2, -0.15) is 13.2 Å². The maximum Gasteiger partial charge on any atom is 0.417 e. The largest absolute Gasteiger partial charge is 0.417 e. The minimum atomic E-state index is -4.52. The molecule has 0 aliphatic heterocycles. The lowest BCUT2D eigenvalue weighted by molar-refractivity contribution is -0.137. The molecular formula is C14H7Cl4F3. The Morgan fingerprint density at radius 3 is 2.10 bits per heavy atom. The van der Waals surface area contributed by atoms with Gasteiger partial charge in [-0.05, 0) is 29.3 Å². The quantitative estimate of drug-likeness (QED) is 0.390. The number of hydrogen-bond acceptors (Lipinski definition) is 0. The molecule has 2 aromatic rings. The Labute approximate surface area is 139 Å². The van der Waals surface area contributed by atoms with Crippen molar-refractivity contribution >= 4 is 46.4 Å². The molecule has 0 bridgehead atoms. The van der Waals surface area contributed by atoms with Crippen molar-refractivity contribution in [2.45, 2.75) is 12.1 Å². The van der Waals surface area contributed by atoms with Crippen LogP contribution in [0.1, 0.15) is 11.1 Å². The van der Waals surface area contributed by atoms with Gasteiger partial charge in [-0.1, -0.05) is 46.9 Å². The topological polar surface area (TPSA) is 0 Å². The Hall–Kier alpha value is -0.610. The van der Waals surface area contributed by atoms with Crippen molar-refractivity contribution in [1.82, 2.24) is 0 Å². The molecule has 0 unspecified atom stereocenters. The third kappa shape index (κ3) is 3.42. The Morgan fingerprint density at radius 2 is 1.52 bits per heavy atom. The summed E-state index contributed by atoms with van der Waals surface area (Å²) in [7, 11) is 0. The standard InChI is InChI=1S/C14H7Cl4F3/c15-6-7-1-3-10(14(19,20)21)9(5-7)8-2-4-11(16)13(18)12(8)17/h1-5H,6H2. The van der Waals surface area contributed by atoms with E-state index in [2.05, 4.69) is 0 Å². The molecule has 0 N–H and O–H groups in total. The molecule has 0 saturated heterocycles. The predicted molar refractivity (Wildman–Crippen MR) is 81.5 cm³/mol. The van der Waals surface area contributed by atoms with Gasteiger partial charge in [0.15, 0.2) is 0 Å². The highest BCUT2D eigenvalue weighted by atomic mass is 35.5. The van der Waals surface area contributed by atoms with E-state index in [1.165, 1.54) is 24.3 Å². The second-order valence-electron chi connectivity index (χ2n) is 4.23. The molecule has 0 saturated carbocycles. The average Bonchev–Trinajstić information content (AvgIpc) is 2.43.